The summed E-state index contributed by atoms with van der Waals surface area (Å²) in [4.78, 5) is 8.67. The Morgan fingerprint density at radius 3 is 2.78 bits per heavy atom. The van der Waals surface area contributed by atoms with E-state index in [1.165, 1.54) is 0 Å². The van der Waals surface area contributed by atoms with Crippen molar-refractivity contribution in [3.8, 4) is 0 Å². The fraction of sp³-hybridized carbons (Fsp3) is 0.600. The standard InChI is InChI=1S/C5H11O3P/c1-3-5-8-9(6,7)4-2/h4H,2-3,5H2,1H3,(H,6,7). The molecular weight excluding hydrogens is 139 g/mol. The molecule has 54 valence electrons. The Labute approximate surface area is 54.9 Å². The molecule has 0 radical (unpaired) electrons. The molecule has 0 bridgehead atoms. The van der Waals surface area contributed by atoms with Gasteiger partial charge in [0, 0.05) is 5.82 Å². The second kappa shape index (κ2) is 3.83. The summed E-state index contributed by atoms with van der Waals surface area (Å²) in [7, 11) is -3.43. The van der Waals surface area contributed by atoms with E-state index >= 15 is 0 Å². The van der Waals surface area contributed by atoms with E-state index in [0.29, 0.717) is 6.61 Å². The van der Waals surface area contributed by atoms with Crippen LogP contribution in [0.3, 0.4) is 0 Å². The number of hydrogen-bond acceptors (Lipinski definition) is 2. The maximum absolute atomic E-state index is 10.6. The van der Waals surface area contributed by atoms with Gasteiger partial charge < -0.3 is 9.42 Å². The van der Waals surface area contributed by atoms with Crippen LogP contribution in [0.15, 0.2) is 12.4 Å². The van der Waals surface area contributed by atoms with Crippen molar-refractivity contribution in [2.24, 2.45) is 0 Å². The first-order valence-electron chi connectivity index (χ1n) is 2.73. The molecule has 0 saturated heterocycles. The molecule has 0 fully saturated rings. The second-order valence-electron chi connectivity index (χ2n) is 1.58. The maximum atomic E-state index is 10.6. The Balaban J connectivity index is 3.59. The molecule has 0 aromatic carbocycles. The summed E-state index contributed by atoms with van der Waals surface area (Å²) in [5.41, 5.74) is 0. The SMILES string of the molecule is C=CP(=O)(O)OCCC. The topological polar surface area (TPSA) is 46.5 Å². The van der Waals surface area contributed by atoms with Gasteiger partial charge >= 0.3 is 7.60 Å². The summed E-state index contributed by atoms with van der Waals surface area (Å²) in [5, 5.41) is 0. The van der Waals surface area contributed by atoms with Crippen LogP contribution in [0.2, 0.25) is 0 Å². The normalized spacial score (nSPS) is 16.7. The van der Waals surface area contributed by atoms with Crippen LogP contribution in [-0.4, -0.2) is 11.5 Å². The second-order valence-corrected chi connectivity index (χ2v) is 3.33. The Hall–Kier alpha value is -0.110. The molecule has 0 amide bonds. The van der Waals surface area contributed by atoms with Gasteiger partial charge in [0.25, 0.3) is 0 Å². The lowest BCUT2D eigenvalue weighted by Crippen LogP contribution is -1.87. The molecule has 0 aliphatic rings. The van der Waals surface area contributed by atoms with Crippen LogP contribution in [0.5, 0.6) is 0 Å². The monoisotopic (exact) mass is 150 g/mol. The molecule has 0 aromatic heterocycles. The van der Waals surface area contributed by atoms with Gasteiger partial charge in [0.05, 0.1) is 6.61 Å². The fourth-order valence-corrected chi connectivity index (χ4v) is 0.824. The van der Waals surface area contributed by atoms with E-state index < -0.39 is 7.60 Å². The molecule has 9 heavy (non-hydrogen) atoms. The molecule has 4 heteroatoms. The van der Waals surface area contributed by atoms with Crippen molar-refractivity contribution >= 4 is 7.60 Å². The van der Waals surface area contributed by atoms with Crippen molar-refractivity contribution < 1.29 is 14.0 Å². The molecule has 1 unspecified atom stereocenters. The lowest BCUT2D eigenvalue weighted by Gasteiger charge is -2.04. The molecule has 0 aliphatic heterocycles. The van der Waals surface area contributed by atoms with E-state index in [4.69, 9.17) is 4.89 Å². The van der Waals surface area contributed by atoms with Gasteiger partial charge in [-0.2, -0.15) is 0 Å². The van der Waals surface area contributed by atoms with Crippen molar-refractivity contribution in [1.29, 1.82) is 0 Å². The van der Waals surface area contributed by atoms with Crippen molar-refractivity contribution in [2.45, 2.75) is 13.3 Å². The summed E-state index contributed by atoms with van der Waals surface area (Å²) in [6.45, 7) is 5.32. The van der Waals surface area contributed by atoms with Crippen molar-refractivity contribution in [3.05, 3.63) is 12.4 Å². The zero-order valence-electron chi connectivity index (χ0n) is 5.41. The van der Waals surface area contributed by atoms with Gasteiger partial charge in [0.15, 0.2) is 0 Å². The quantitative estimate of drug-likeness (QED) is 0.621. The predicted molar refractivity (Wildman–Crippen MR) is 36.3 cm³/mol. The predicted octanol–water partition coefficient (Wildman–Crippen LogP) is 1.74. The molecule has 0 saturated carbocycles. The third kappa shape index (κ3) is 4.40. The molecule has 1 N–H and O–H groups in total. The first kappa shape index (κ1) is 8.89. The Morgan fingerprint density at radius 1 is 1.89 bits per heavy atom. The van der Waals surface area contributed by atoms with Crippen LogP contribution >= 0.6 is 7.60 Å². The first-order chi connectivity index (χ1) is 4.12. The number of rotatable bonds is 4. The van der Waals surface area contributed by atoms with E-state index in [1.807, 2.05) is 6.92 Å². The highest BCUT2D eigenvalue weighted by Gasteiger charge is 2.10. The van der Waals surface area contributed by atoms with E-state index in [-0.39, 0.29) is 0 Å². The van der Waals surface area contributed by atoms with E-state index in [1.54, 1.807) is 0 Å². The Morgan fingerprint density at radius 2 is 2.44 bits per heavy atom. The zero-order valence-corrected chi connectivity index (χ0v) is 6.30. The highest BCUT2D eigenvalue weighted by Crippen LogP contribution is 2.42. The molecule has 0 heterocycles. The zero-order chi connectivity index (χ0) is 7.33. The van der Waals surface area contributed by atoms with Crippen LogP contribution in [0, 0.1) is 0 Å². The Bertz CT molecular complexity index is 132. The summed E-state index contributed by atoms with van der Waals surface area (Å²) in [6, 6.07) is 0. The maximum Gasteiger partial charge on any atom is 0.351 e. The number of hydrogen-bond donors (Lipinski definition) is 1. The van der Waals surface area contributed by atoms with Gasteiger partial charge in [-0.3, -0.25) is 4.57 Å². The summed E-state index contributed by atoms with van der Waals surface area (Å²) >= 11 is 0. The van der Waals surface area contributed by atoms with Gasteiger partial charge in [0.2, 0.25) is 0 Å². The molecule has 0 spiro atoms. The third-order valence-electron chi connectivity index (χ3n) is 0.711. The summed E-state index contributed by atoms with van der Waals surface area (Å²) in [5.74, 6) is 0.933. The molecule has 0 rings (SSSR count). The first-order valence-corrected chi connectivity index (χ1v) is 4.37. The average molecular weight is 150 g/mol. The van der Waals surface area contributed by atoms with Crippen LogP contribution in [0.4, 0.5) is 0 Å². The molecule has 0 aliphatic carbocycles. The van der Waals surface area contributed by atoms with Crippen molar-refractivity contribution in [1.82, 2.24) is 0 Å². The van der Waals surface area contributed by atoms with Gasteiger partial charge in [0.1, 0.15) is 0 Å². The minimum Gasteiger partial charge on any atom is -0.321 e. The van der Waals surface area contributed by atoms with Crippen molar-refractivity contribution in [2.75, 3.05) is 6.61 Å². The van der Waals surface area contributed by atoms with Gasteiger partial charge in [-0.1, -0.05) is 13.5 Å². The van der Waals surface area contributed by atoms with Crippen LogP contribution in [-0.2, 0) is 9.09 Å². The minimum absolute atomic E-state index is 0.305. The fourth-order valence-electron chi connectivity index (χ4n) is 0.275. The van der Waals surface area contributed by atoms with E-state index in [0.717, 1.165) is 12.2 Å². The minimum atomic E-state index is -3.43. The van der Waals surface area contributed by atoms with E-state index in [2.05, 4.69) is 11.1 Å². The summed E-state index contributed by atoms with van der Waals surface area (Å²) in [6.07, 6.45) is 0.735. The Kier molecular flexibility index (Phi) is 3.78. The largest absolute Gasteiger partial charge is 0.351 e. The molecule has 1 atom stereocenters. The van der Waals surface area contributed by atoms with Gasteiger partial charge in [-0.25, -0.2) is 0 Å². The van der Waals surface area contributed by atoms with Crippen LogP contribution in [0.1, 0.15) is 13.3 Å². The molecular formula is C5H11O3P. The van der Waals surface area contributed by atoms with Crippen LogP contribution in [0.25, 0.3) is 0 Å². The summed E-state index contributed by atoms with van der Waals surface area (Å²) < 4.78 is 15.1. The lowest BCUT2D eigenvalue weighted by atomic mass is 10.5. The van der Waals surface area contributed by atoms with Gasteiger partial charge in [-0.05, 0) is 6.42 Å². The third-order valence-corrected chi connectivity index (χ3v) is 1.73. The highest BCUT2D eigenvalue weighted by molar-refractivity contribution is 7.56. The van der Waals surface area contributed by atoms with Crippen LogP contribution < -0.4 is 0 Å². The highest BCUT2D eigenvalue weighted by atomic mass is 31.2. The van der Waals surface area contributed by atoms with Crippen molar-refractivity contribution in [3.63, 3.8) is 0 Å². The smallest absolute Gasteiger partial charge is 0.321 e. The van der Waals surface area contributed by atoms with E-state index in [9.17, 15) is 4.57 Å². The average Bonchev–Trinajstić information content (AvgIpc) is 1.84. The lowest BCUT2D eigenvalue weighted by molar-refractivity contribution is 0.268. The van der Waals surface area contributed by atoms with Gasteiger partial charge in [-0.15, -0.1) is 0 Å². The molecule has 3 nitrogen and oxygen atoms in total. The molecule has 0 aromatic rings.